The lowest BCUT2D eigenvalue weighted by Crippen LogP contribution is -2.33. The first-order valence-electron chi connectivity index (χ1n) is 7.40. The van der Waals surface area contributed by atoms with Crippen LogP contribution in [-0.4, -0.2) is 25.0 Å². The Balaban J connectivity index is 1.94. The molecule has 0 bridgehead atoms. The van der Waals surface area contributed by atoms with Gasteiger partial charge in [-0.15, -0.1) is 0 Å². The zero-order chi connectivity index (χ0) is 16.7. The average Bonchev–Trinajstić information content (AvgIpc) is 2.56. The quantitative estimate of drug-likeness (QED) is 0.682. The lowest BCUT2D eigenvalue weighted by Gasteiger charge is -2.07. The Hall–Kier alpha value is -2.69. The summed E-state index contributed by atoms with van der Waals surface area (Å²) < 4.78 is 17.6. The van der Waals surface area contributed by atoms with Gasteiger partial charge in [-0.05, 0) is 42.2 Å². The van der Waals surface area contributed by atoms with Crippen LogP contribution in [0.15, 0.2) is 48.5 Å². The van der Waals surface area contributed by atoms with Crippen molar-refractivity contribution in [3.63, 3.8) is 0 Å². The van der Waals surface area contributed by atoms with Crippen molar-refractivity contribution in [2.45, 2.75) is 13.3 Å². The van der Waals surface area contributed by atoms with E-state index in [-0.39, 0.29) is 12.4 Å². The summed E-state index contributed by atoms with van der Waals surface area (Å²) in [7, 11) is 0. The van der Waals surface area contributed by atoms with Gasteiger partial charge in [0.25, 0.3) is 0 Å². The molecule has 0 unspecified atom stereocenters. The van der Waals surface area contributed by atoms with Crippen molar-refractivity contribution in [2.24, 2.45) is 0 Å². The predicted octanol–water partition coefficient (Wildman–Crippen LogP) is 2.71. The number of hydrogen-bond donors (Lipinski definition) is 1. The molecular weight excluding hydrogens is 297 g/mol. The molecule has 0 aliphatic rings. The summed E-state index contributed by atoms with van der Waals surface area (Å²) in [6.07, 6.45) is 0.584. The highest BCUT2D eigenvalue weighted by Crippen LogP contribution is 2.20. The average molecular weight is 315 g/mol. The molecule has 4 nitrogen and oxygen atoms in total. The Morgan fingerprint density at radius 3 is 2.52 bits per heavy atom. The SMILES string of the molecule is CCOC(=O)C(=O)NCCc1cccc(-c2ccc(F)cc2)c1. The monoisotopic (exact) mass is 315 g/mol. The van der Waals surface area contributed by atoms with Gasteiger partial charge in [-0.1, -0.05) is 36.4 Å². The molecule has 0 radical (unpaired) electrons. The van der Waals surface area contributed by atoms with Gasteiger partial charge in [0, 0.05) is 6.54 Å². The molecule has 2 aromatic rings. The highest BCUT2D eigenvalue weighted by Gasteiger charge is 2.13. The normalized spacial score (nSPS) is 10.2. The van der Waals surface area contributed by atoms with Crippen LogP contribution in [0.2, 0.25) is 0 Å². The van der Waals surface area contributed by atoms with Crippen LogP contribution in [0.5, 0.6) is 0 Å². The molecule has 5 heteroatoms. The summed E-state index contributed by atoms with van der Waals surface area (Å²) in [5, 5.41) is 2.52. The van der Waals surface area contributed by atoms with Gasteiger partial charge in [-0.25, -0.2) is 9.18 Å². The van der Waals surface area contributed by atoms with Crippen molar-refractivity contribution in [3.8, 4) is 11.1 Å². The van der Waals surface area contributed by atoms with Gasteiger partial charge in [0.1, 0.15) is 5.82 Å². The molecule has 1 amide bonds. The highest BCUT2D eigenvalue weighted by molar-refractivity contribution is 6.32. The van der Waals surface area contributed by atoms with Gasteiger partial charge in [-0.2, -0.15) is 0 Å². The van der Waals surface area contributed by atoms with Gasteiger partial charge >= 0.3 is 11.9 Å². The molecule has 0 aliphatic carbocycles. The number of halogens is 1. The fraction of sp³-hybridized carbons (Fsp3) is 0.222. The molecular formula is C18H18FNO3. The van der Waals surface area contributed by atoms with Crippen molar-refractivity contribution >= 4 is 11.9 Å². The fourth-order valence-electron chi connectivity index (χ4n) is 2.14. The smallest absolute Gasteiger partial charge is 0.396 e. The Morgan fingerprint density at radius 1 is 1.09 bits per heavy atom. The van der Waals surface area contributed by atoms with E-state index in [9.17, 15) is 14.0 Å². The second-order valence-corrected chi connectivity index (χ2v) is 4.93. The summed E-state index contributed by atoms with van der Waals surface area (Å²) in [5.41, 5.74) is 2.90. The van der Waals surface area contributed by atoms with Crippen LogP contribution in [0.1, 0.15) is 12.5 Å². The Morgan fingerprint density at radius 2 is 1.83 bits per heavy atom. The van der Waals surface area contributed by atoms with Crippen LogP contribution in [0.25, 0.3) is 11.1 Å². The molecule has 0 fully saturated rings. The van der Waals surface area contributed by atoms with Crippen molar-refractivity contribution in [2.75, 3.05) is 13.2 Å². The molecule has 0 aromatic heterocycles. The number of hydrogen-bond acceptors (Lipinski definition) is 3. The maximum absolute atomic E-state index is 13.0. The third-order valence-corrected chi connectivity index (χ3v) is 3.26. The zero-order valence-corrected chi connectivity index (χ0v) is 12.8. The standard InChI is InChI=1S/C18H18FNO3/c1-2-23-18(22)17(21)20-11-10-13-4-3-5-15(12-13)14-6-8-16(19)9-7-14/h3-9,12H,2,10-11H2,1H3,(H,20,21). The van der Waals surface area contributed by atoms with Crippen molar-refractivity contribution in [3.05, 3.63) is 59.9 Å². The van der Waals surface area contributed by atoms with Crippen molar-refractivity contribution < 1.29 is 18.7 Å². The van der Waals surface area contributed by atoms with E-state index in [4.69, 9.17) is 0 Å². The summed E-state index contributed by atoms with van der Waals surface area (Å²) in [5.74, 6) is -1.87. The molecule has 0 aliphatic heterocycles. The number of benzene rings is 2. The van der Waals surface area contributed by atoms with Gasteiger partial charge in [0.15, 0.2) is 0 Å². The van der Waals surface area contributed by atoms with E-state index in [1.165, 1.54) is 12.1 Å². The summed E-state index contributed by atoms with van der Waals surface area (Å²) in [6, 6.07) is 14.0. The first-order chi connectivity index (χ1) is 11.1. The van der Waals surface area contributed by atoms with E-state index in [2.05, 4.69) is 10.1 Å². The van der Waals surface area contributed by atoms with Gasteiger partial charge < -0.3 is 10.1 Å². The van der Waals surface area contributed by atoms with Crippen LogP contribution >= 0.6 is 0 Å². The van der Waals surface area contributed by atoms with Gasteiger partial charge in [0.05, 0.1) is 6.61 Å². The van der Waals surface area contributed by atoms with Crippen LogP contribution in [-0.2, 0) is 20.7 Å². The van der Waals surface area contributed by atoms with Crippen LogP contribution < -0.4 is 5.32 Å². The molecule has 0 saturated carbocycles. The largest absolute Gasteiger partial charge is 0.459 e. The highest BCUT2D eigenvalue weighted by atomic mass is 19.1. The van der Waals surface area contributed by atoms with E-state index >= 15 is 0 Å². The lowest BCUT2D eigenvalue weighted by atomic mass is 10.0. The minimum absolute atomic E-state index is 0.173. The Labute approximate surface area is 134 Å². The number of amides is 1. The molecule has 0 saturated heterocycles. The van der Waals surface area contributed by atoms with E-state index in [0.29, 0.717) is 13.0 Å². The number of esters is 1. The molecule has 0 spiro atoms. The molecule has 23 heavy (non-hydrogen) atoms. The molecule has 0 atom stereocenters. The Bertz CT molecular complexity index is 683. The third kappa shape index (κ3) is 4.92. The summed E-state index contributed by atoms with van der Waals surface area (Å²) >= 11 is 0. The second-order valence-electron chi connectivity index (χ2n) is 4.93. The summed E-state index contributed by atoms with van der Waals surface area (Å²) in [4.78, 5) is 22.6. The second kappa shape index (κ2) is 8.08. The van der Waals surface area contributed by atoms with Crippen LogP contribution in [0, 0.1) is 5.82 Å². The van der Waals surface area contributed by atoms with Crippen LogP contribution in [0.3, 0.4) is 0 Å². The van der Waals surface area contributed by atoms with E-state index < -0.39 is 11.9 Å². The maximum atomic E-state index is 13.0. The molecule has 2 rings (SSSR count). The van der Waals surface area contributed by atoms with E-state index in [1.807, 2.05) is 24.3 Å². The zero-order valence-electron chi connectivity index (χ0n) is 12.8. The van der Waals surface area contributed by atoms with Crippen LogP contribution in [0.4, 0.5) is 4.39 Å². The number of carbonyl (C=O) groups is 2. The molecule has 2 aromatic carbocycles. The minimum atomic E-state index is -0.868. The van der Waals surface area contributed by atoms with Gasteiger partial charge in [0.2, 0.25) is 0 Å². The van der Waals surface area contributed by atoms with Crippen molar-refractivity contribution in [1.29, 1.82) is 0 Å². The minimum Gasteiger partial charge on any atom is -0.459 e. The number of carbonyl (C=O) groups excluding carboxylic acids is 2. The molecule has 120 valence electrons. The topological polar surface area (TPSA) is 55.4 Å². The maximum Gasteiger partial charge on any atom is 0.396 e. The van der Waals surface area contributed by atoms with Crippen molar-refractivity contribution in [1.82, 2.24) is 5.32 Å². The lowest BCUT2D eigenvalue weighted by molar-refractivity contribution is -0.154. The first-order valence-corrected chi connectivity index (χ1v) is 7.40. The molecule has 1 N–H and O–H groups in total. The number of ether oxygens (including phenoxy) is 1. The predicted molar refractivity (Wildman–Crippen MR) is 85.2 cm³/mol. The first kappa shape index (κ1) is 16.7. The van der Waals surface area contributed by atoms with E-state index in [1.54, 1.807) is 19.1 Å². The Kier molecular flexibility index (Phi) is 5.86. The summed E-state index contributed by atoms with van der Waals surface area (Å²) in [6.45, 7) is 2.16. The van der Waals surface area contributed by atoms with E-state index in [0.717, 1.165) is 16.7 Å². The third-order valence-electron chi connectivity index (χ3n) is 3.26. The molecule has 0 heterocycles. The number of rotatable bonds is 5. The number of nitrogens with one attached hydrogen (secondary N) is 1. The van der Waals surface area contributed by atoms with Gasteiger partial charge in [-0.3, -0.25) is 4.79 Å². The fourth-order valence-corrected chi connectivity index (χ4v) is 2.14.